The summed E-state index contributed by atoms with van der Waals surface area (Å²) < 4.78 is 14.0. The van der Waals surface area contributed by atoms with E-state index in [2.05, 4.69) is 57.7 Å². The third-order valence-electron chi connectivity index (χ3n) is 7.29. The van der Waals surface area contributed by atoms with Crippen LogP contribution in [0.15, 0.2) is 18.2 Å². The molecule has 0 unspecified atom stereocenters. The Morgan fingerprint density at radius 1 is 0.810 bits per heavy atom. The molecule has 0 amide bonds. The molecule has 10 nitrogen and oxygen atoms in total. The van der Waals surface area contributed by atoms with E-state index in [1.807, 2.05) is 6.07 Å². The van der Waals surface area contributed by atoms with E-state index in [1.165, 1.54) is 51.0 Å². The third-order valence-corrected chi connectivity index (χ3v) is 7.80. The van der Waals surface area contributed by atoms with Crippen molar-refractivity contribution in [3.05, 3.63) is 45.4 Å². The van der Waals surface area contributed by atoms with Crippen LogP contribution in [0.5, 0.6) is 0 Å². The highest BCUT2D eigenvalue weighted by Crippen LogP contribution is 2.24. The molecular weight excluding hydrogens is 602 g/mol. The number of nitrogens with zero attached hydrogens (tertiary/aromatic N) is 7. The fourth-order valence-electron chi connectivity index (χ4n) is 5.07. The minimum Gasteiger partial charge on any atom is -0.354 e. The predicted molar refractivity (Wildman–Crippen MR) is 170 cm³/mol. The van der Waals surface area contributed by atoms with E-state index in [0.717, 1.165) is 26.2 Å². The fourth-order valence-corrected chi connectivity index (χ4v) is 5.68. The molecule has 230 valence electrons. The molecule has 1 saturated carbocycles. The molecule has 3 aromatic rings. The third kappa shape index (κ3) is 10.6. The number of nitrogens with one attached hydrogen (secondary N) is 3. The van der Waals surface area contributed by atoms with Gasteiger partial charge in [0.15, 0.2) is 0 Å². The first-order valence-corrected chi connectivity index (χ1v) is 15.2. The number of rotatable bonds is 9. The number of hydrogen-bond donors (Lipinski definition) is 3. The van der Waals surface area contributed by atoms with Gasteiger partial charge < -0.3 is 16.0 Å². The Morgan fingerprint density at radius 3 is 2.00 bits per heavy atom. The summed E-state index contributed by atoms with van der Waals surface area (Å²) in [6, 6.07) is 5.55. The lowest BCUT2D eigenvalue weighted by Crippen LogP contribution is -2.35. The fraction of sp³-hybridized carbons (Fsp3) is 0.571. The quantitative estimate of drug-likeness (QED) is 0.218. The number of aryl methyl sites for hydroxylation is 1. The van der Waals surface area contributed by atoms with Crippen molar-refractivity contribution in [2.24, 2.45) is 5.92 Å². The van der Waals surface area contributed by atoms with Crippen LogP contribution in [0.3, 0.4) is 0 Å². The second kappa shape index (κ2) is 16.9. The van der Waals surface area contributed by atoms with Crippen molar-refractivity contribution in [2.45, 2.75) is 72.3 Å². The Labute approximate surface area is 262 Å². The maximum absolute atomic E-state index is 14.0. The molecule has 2 fully saturated rings. The van der Waals surface area contributed by atoms with Gasteiger partial charge in [-0.15, -0.1) is 0 Å². The molecule has 0 radical (unpaired) electrons. The molecule has 1 saturated heterocycles. The summed E-state index contributed by atoms with van der Waals surface area (Å²) in [5.74, 6) is 1.93. The van der Waals surface area contributed by atoms with Crippen LogP contribution in [0.4, 0.5) is 27.9 Å². The van der Waals surface area contributed by atoms with Crippen molar-refractivity contribution < 1.29 is 4.39 Å². The molecule has 2 aliphatic rings. The predicted octanol–water partition coefficient (Wildman–Crippen LogP) is 7.42. The highest BCUT2D eigenvalue weighted by molar-refractivity contribution is 6.33. The zero-order valence-corrected chi connectivity index (χ0v) is 25.6. The lowest BCUT2D eigenvalue weighted by atomic mass is 9.89. The maximum Gasteiger partial charge on any atom is 0.233 e. The largest absolute Gasteiger partial charge is 0.354 e. The van der Waals surface area contributed by atoms with Gasteiger partial charge in [0, 0.05) is 24.8 Å². The van der Waals surface area contributed by atoms with Crippen LogP contribution in [-0.2, 0) is 0 Å². The summed E-state index contributed by atoms with van der Waals surface area (Å²) in [6.45, 7) is 7.84. The second-order valence-corrected chi connectivity index (χ2v) is 11.2. The summed E-state index contributed by atoms with van der Waals surface area (Å²) in [5, 5.41) is 9.99. The monoisotopic (exact) mass is 640 g/mol. The highest BCUT2D eigenvalue weighted by atomic mass is 35.5. The molecule has 1 aliphatic carbocycles. The molecule has 5 rings (SSSR count). The summed E-state index contributed by atoms with van der Waals surface area (Å²) in [4.78, 5) is 26.6. The molecule has 1 aliphatic heterocycles. The van der Waals surface area contributed by atoms with Gasteiger partial charge in [0.1, 0.15) is 5.82 Å². The van der Waals surface area contributed by atoms with Gasteiger partial charge in [0.2, 0.25) is 33.7 Å². The van der Waals surface area contributed by atoms with Crippen LogP contribution in [0.1, 0.15) is 64.9 Å². The topological polar surface area (TPSA) is 117 Å². The molecule has 1 atom stereocenters. The van der Waals surface area contributed by atoms with Gasteiger partial charge in [-0.1, -0.05) is 39.7 Å². The van der Waals surface area contributed by atoms with Crippen LogP contribution >= 0.6 is 34.8 Å². The summed E-state index contributed by atoms with van der Waals surface area (Å²) >= 11 is 16.0. The molecule has 14 heteroatoms. The molecule has 0 spiro atoms. The van der Waals surface area contributed by atoms with Crippen LogP contribution in [0, 0.1) is 18.7 Å². The van der Waals surface area contributed by atoms with E-state index in [0.29, 0.717) is 41.1 Å². The zero-order valence-electron chi connectivity index (χ0n) is 23.3. The van der Waals surface area contributed by atoms with Crippen molar-refractivity contribution in [2.75, 3.05) is 42.1 Å². The van der Waals surface area contributed by atoms with E-state index >= 15 is 0 Å². The summed E-state index contributed by atoms with van der Waals surface area (Å²) in [6.07, 6.45) is 8.88. The van der Waals surface area contributed by atoms with Gasteiger partial charge in [-0.2, -0.15) is 29.9 Å². The Kier molecular flexibility index (Phi) is 13.6. The first-order chi connectivity index (χ1) is 19.8. The average Bonchev–Trinajstić information content (AvgIpc) is 3.41. The number of likely N-dealkylation sites (N-methyl/N-ethyl adjacent to an activating group) is 1. The van der Waals surface area contributed by atoms with Crippen molar-refractivity contribution in [3.8, 4) is 0 Å². The summed E-state index contributed by atoms with van der Waals surface area (Å²) in [7, 11) is 0. The van der Waals surface area contributed by atoms with Gasteiger partial charge >= 0.3 is 0 Å². The number of hydrogen-bond acceptors (Lipinski definition) is 10. The first kappa shape index (κ1) is 33.9. The molecular formula is C28H40Cl3FN10. The van der Waals surface area contributed by atoms with Crippen LogP contribution in [0.25, 0.3) is 0 Å². The molecule has 3 N–H and O–H groups in total. The number of likely N-dealkylation sites (tertiary alicyclic amines) is 1. The van der Waals surface area contributed by atoms with Crippen LogP contribution < -0.4 is 16.0 Å². The standard InChI is InChI=1S/C24H36FN7.C3Cl3N3.CH4/c1-3-32-13-7-10-20(32)16-27-23-29-22(26-15-18-8-5-4-6-9-18)30-24(31-23)28-19-12-11-17(2)21(25)14-19;4-1-7-2(5)9-3(6)8-1;/h11-12,14,18,20H,3-10,13,15-16H2,1-2H3,(H3,26,27,28,29,30,31);;1H4/t20-;;/m0../s1. The van der Waals surface area contributed by atoms with E-state index in [1.54, 1.807) is 13.0 Å². The number of aromatic nitrogens is 6. The summed E-state index contributed by atoms with van der Waals surface area (Å²) in [5.41, 5.74) is 1.23. The normalized spacial score (nSPS) is 17.1. The van der Waals surface area contributed by atoms with E-state index in [4.69, 9.17) is 34.8 Å². The van der Waals surface area contributed by atoms with Crippen molar-refractivity contribution in [1.29, 1.82) is 0 Å². The number of anilines is 4. The van der Waals surface area contributed by atoms with Crippen molar-refractivity contribution in [3.63, 3.8) is 0 Å². The van der Waals surface area contributed by atoms with Gasteiger partial charge in [-0.05, 0) is 104 Å². The Hall–Kier alpha value is -2.60. The Balaban J connectivity index is 0.000000415. The van der Waals surface area contributed by atoms with E-state index < -0.39 is 0 Å². The maximum atomic E-state index is 14.0. The smallest absolute Gasteiger partial charge is 0.233 e. The van der Waals surface area contributed by atoms with Crippen LogP contribution in [0.2, 0.25) is 15.9 Å². The Bertz CT molecular complexity index is 1230. The molecule has 2 aromatic heterocycles. The lowest BCUT2D eigenvalue weighted by Gasteiger charge is -2.23. The van der Waals surface area contributed by atoms with Crippen molar-refractivity contribution in [1.82, 2.24) is 34.8 Å². The van der Waals surface area contributed by atoms with Gasteiger partial charge in [0.25, 0.3) is 0 Å². The molecule has 0 bridgehead atoms. The van der Waals surface area contributed by atoms with E-state index in [9.17, 15) is 4.39 Å². The molecule has 3 heterocycles. The first-order valence-electron chi connectivity index (χ1n) is 14.0. The van der Waals surface area contributed by atoms with Crippen LogP contribution in [-0.4, -0.2) is 67.0 Å². The molecule has 42 heavy (non-hydrogen) atoms. The zero-order chi connectivity index (χ0) is 29.2. The highest BCUT2D eigenvalue weighted by Gasteiger charge is 2.23. The molecule has 1 aromatic carbocycles. The SMILES string of the molecule is C.CCN1CCC[C@H]1CNc1nc(NCC2CCCCC2)nc(Nc2ccc(C)c(F)c2)n1.Clc1nc(Cl)nc(Cl)n1. The lowest BCUT2D eigenvalue weighted by molar-refractivity contribution is 0.277. The van der Waals surface area contributed by atoms with Crippen molar-refractivity contribution >= 4 is 58.3 Å². The van der Waals surface area contributed by atoms with Gasteiger partial charge in [-0.3, -0.25) is 4.90 Å². The average molecular weight is 642 g/mol. The second-order valence-electron chi connectivity index (χ2n) is 10.2. The minimum absolute atomic E-state index is 0. The van der Waals surface area contributed by atoms with E-state index in [-0.39, 0.29) is 29.1 Å². The van der Waals surface area contributed by atoms with Gasteiger partial charge in [-0.25, -0.2) is 4.39 Å². The Morgan fingerprint density at radius 2 is 1.40 bits per heavy atom. The van der Waals surface area contributed by atoms with Gasteiger partial charge in [0.05, 0.1) is 0 Å². The minimum atomic E-state index is -0.251. The number of halogens is 4. The number of benzene rings is 1.